The van der Waals surface area contributed by atoms with Crippen LogP contribution in [0.2, 0.25) is 0 Å². The summed E-state index contributed by atoms with van der Waals surface area (Å²) in [6.07, 6.45) is 3.19. The summed E-state index contributed by atoms with van der Waals surface area (Å²) in [6, 6.07) is 9.52. The van der Waals surface area contributed by atoms with Gasteiger partial charge in [-0.25, -0.2) is 0 Å². The molecule has 0 aromatic heterocycles. The van der Waals surface area contributed by atoms with Gasteiger partial charge in [0.05, 0.1) is 0 Å². The van der Waals surface area contributed by atoms with Crippen LogP contribution in [-0.4, -0.2) is 12.5 Å². The Morgan fingerprint density at radius 2 is 1.60 bits per heavy atom. The molecule has 0 aliphatic rings. The summed E-state index contributed by atoms with van der Waals surface area (Å²) in [5.41, 5.74) is 6.26. The molecule has 0 heterocycles. The van der Waals surface area contributed by atoms with E-state index >= 15 is 0 Å². The first-order valence-electron chi connectivity index (χ1n) is 7.54. The van der Waals surface area contributed by atoms with Crippen molar-refractivity contribution >= 4 is 5.91 Å². The third-order valence-corrected chi connectivity index (χ3v) is 4.72. The van der Waals surface area contributed by atoms with Crippen LogP contribution >= 0.6 is 0 Å². The standard InChI is InChI=1S/C17H28N2O/c1-5-17(6-2,7-3)13-19-15(20)16(4,18)14-11-9-8-10-12-14/h8-12H,5-7,13,18H2,1-4H3,(H,19,20). The SMILES string of the molecule is CCC(CC)(CC)CNC(=O)C(C)(N)c1ccccc1. The number of benzene rings is 1. The van der Waals surface area contributed by atoms with E-state index in [9.17, 15) is 4.79 Å². The van der Waals surface area contributed by atoms with Crippen LogP contribution < -0.4 is 11.1 Å². The summed E-state index contributed by atoms with van der Waals surface area (Å²) in [5, 5.41) is 3.05. The first-order valence-corrected chi connectivity index (χ1v) is 7.54. The van der Waals surface area contributed by atoms with Gasteiger partial charge >= 0.3 is 0 Å². The fourth-order valence-corrected chi connectivity index (χ4v) is 2.49. The van der Waals surface area contributed by atoms with Gasteiger partial charge in [-0.1, -0.05) is 51.1 Å². The quantitative estimate of drug-likeness (QED) is 0.803. The lowest BCUT2D eigenvalue weighted by Gasteiger charge is -2.33. The third-order valence-electron chi connectivity index (χ3n) is 4.72. The minimum absolute atomic E-state index is 0.108. The highest BCUT2D eigenvalue weighted by Gasteiger charge is 2.32. The van der Waals surface area contributed by atoms with E-state index in [1.54, 1.807) is 6.92 Å². The molecule has 1 atom stereocenters. The lowest BCUT2D eigenvalue weighted by Crippen LogP contribution is -2.51. The molecule has 0 bridgehead atoms. The van der Waals surface area contributed by atoms with Crippen LogP contribution in [0.25, 0.3) is 0 Å². The number of carbonyl (C=O) groups is 1. The molecule has 1 aromatic rings. The normalized spacial score (nSPS) is 14.7. The van der Waals surface area contributed by atoms with Crippen LogP contribution in [0, 0.1) is 5.41 Å². The Hall–Kier alpha value is -1.35. The topological polar surface area (TPSA) is 55.1 Å². The third kappa shape index (κ3) is 3.60. The van der Waals surface area contributed by atoms with Gasteiger partial charge in [0, 0.05) is 6.54 Å². The van der Waals surface area contributed by atoms with Gasteiger partial charge in [0.1, 0.15) is 5.54 Å². The van der Waals surface area contributed by atoms with Crippen molar-refractivity contribution in [3.05, 3.63) is 35.9 Å². The number of amides is 1. The van der Waals surface area contributed by atoms with Gasteiger partial charge < -0.3 is 11.1 Å². The molecule has 3 N–H and O–H groups in total. The van der Waals surface area contributed by atoms with Crippen LogP contribution in [0.4, 0.5) is 0 Å². The monoisotopic (exact) mass is 276 g/mol. The van der Waals surface area contributed by atoms with Crippen molar-refractivity contribution in [2.75, 3.05) is 6.54 Å². The molecule has 1 unspecified atom stereocenters. The van der Waals surface area contributed by atoms with Crippen molar-refractivity contribution in [1.82, 2.24) is 5.32 Å². The van der Waals surface area contributed by atoms with Gasteiger partial charge in [-0.15, -0.1) is 0 Å². The molecule has 0 aliphatic carbocycles. The molecular formula is C17H28N2O. The molecule has 0 radical (unpaired) electrons. The Kier molecular flexibility index (Phi) is 5.75. The molecule has 0 saturated heterocycles. The van der Waals surface area contributed by atoms with E-state index < -0.39 is 5.54 Å². The maximum absolute atomic E-state index is 12.4. The Morgan fingerprint density at radius 3 is 2.05 bits per heavy atom. The van der Waals surface area contributed by atoms with E-state index in [4.69, 9.17) is 5.73 Å². The first-order chi connectivity index (χ1) is 9.41. The van der Waals surface area contributed by atoms with Gasteiger partial charge in [-0.05, 0) is 37.2 Å². The van der Waals surface area contributed by atoms with Crippen LogP contribution in [0.5, 0.6) is 0 Å². The molecule has 1 amide bonds. The van der Waals surface area contributed by atoms with Crippen molar-refractivity contribution in [1.29, 1.82) is 0 Å². The van der Waals surface area contributed by atoms with Gasteiger partial charge in [0.15, 0.2) is 0 Å². The predicted octanol–water partition coefficient (Wildman–Crippen LogP) is 3.19. The zero-order chi connectivity index (χ0) is 15.2. The van der Waals surface area contributed by atoms with E-state index in [0.29, 0.717) is 6.54 Å². The lowest BCUT2D eigenvalue weighted by molar-refractivity contribution is -0.126. The van der Waals surface area contributed by atoms with Gasteiger partial charge in [-0.2, -0.15) is 0 Å². The van der Waals surface area contributed by atoms with E-state index in [1.165, 1.54) is 0 Å². The maximum Gasteiger partial charge on any atom is 0.244 e. The number of rotatable bonds is 7. The number of nitrogens with one attached hydrogen (secondary N) is 1. The largest absolute Gasteiger partial charge is 0.354 e. The van der Waals surface area contributed by atoms with Gasteiger partial charge in [0.25, 0.3) is 0 Å². The van der Waals surface area contributed by atoms with Crippen LogP contribution in [0.15, 0.2) is 30.3 Å². The molecule has 0 spiro atoms. The lowest BCUT2D eigenvalue weighted by atomic mass is 9.79. The summed E-state index contributed by atoms with van der Waals surface area (Å²) in [5.74, 6) is -0.108. The van der Waals surface area contributed by atoms with Crippen LogP contribution in [0.3, 0.4) is 0 Å². The summed E-state index contributed by atoms with van der Waals surface area (Å²) >= 11 is 0. The minimum Gasteiger partial charge on any atom is -0.354 e. The molecular weight excluding hydrogens is 248 g/mol. The second-order valence-corrected chi connectivity index (χ2v) is 5.81. The van der Waals surface area contributed by atoms with Crippen LogP contribution in [-0.2, 0) is 10.3 Å². The predicted molar refractivity (Wildman–Crippen MR) is 84.3 cm³/mol. The second-order valence-electron chi connectivity index (χ2n) is 5.81. The molecule has 0 saturated carbocycles. The fraction of sp³-hybridized carbons (Fsp3) is 0.588. The van der Waals surface area contributed by atoms with E-state index in [1.807, 2.05) is 30.3 Å². The summed E-state index contributed by atoms with van der Waals surface area (Å²) < 4.78 is 0. The van der Waals surface area contributed by atoms with E-state index in [-0.39, 0.29) is 11.3 Å². The number of hydrogen-bond donors (Lipinski definition) is 2. The molecule has 1 rings (SSSR count). The smallest absolute Gasteiger partial charge is 0.244 e. The highest BCUT2D eigenvalue weighted by Crippen LogP contribution is 2.29. The molecule has 1 aromatic carbocycles. The average Bonchev–Trinajstić information content (AvgIpc) is 2.49. The zero-order valence-electron chi connectivity index (χ0n) is 13.2. The molecule has 0 fully saturated rings. The average molecular weight is 276 g/mol. The first kappa shape index (κ1) is 16.7. The Labute approximate surface area is 122 Å². The molecule has 3 heteroatoms. The Balaban J connectivity index is 2.76. The van der Waals surface area contributed by atoms with Crippen molar-refractivity contribution in [2.45, 2.75) is 52.5 Å². The molecule has 20 heavy (non-hydrogen) atoms. The van der Waals surface area contributed by atoms with Crippen molar-refractivity contribution in [2.24, 2.45) is 11.1 Å². The van der Waals surface area contributed by atoms with Crippen molar-refractivity contribution in [3.63, 3.8) is 0 Å². The summed E-state index contributed by atoms with van der Waals surface area (Å²) in [4.78, 5) is 12.4. The summed E-state index contributed by atoms with van der Waals surface area (Å²) in [7, 11) is 0. The highest BCUT2D eigenvalue weighted by atomic mass is 16.2. The van der Waals surface area contributed by atoms with E-state index in [0.717, 1.165) is 24.8 Å². The zero-order valence-corrected chi connectivity index (χ0v) is 13.2. The number of hydrogen-bond acceptors (Lipinski definition) is 2. The van der Waals surface area contributed by atoms with Crippen LogP contribution in [0.1, 0.15) is 52.5 Å². The van der Waals surface area contributed by atoms with Crippen molar-refractivity contribution in [3.8, 4) is 0 Å². The summed E-state index contributed by atoms with van der Waals surface area (Å²) in [6.45, 7) is 8.99. The van der Waals surface area contributed by atoms with Gasteiger partial charge in [-0.3, -0.25) is 4.79 Å². The molecule has 112 valence electrons. The van der Waals surface area contributed by atoms with E-state index in [2.05, 4.69) is 26.1 Å². The Bertz CT molecular complexity index is 414. The number of nitrogens with two attached hydrogens (primary N) is 1. The fourth-order valence-electron chi connectivity index (χ4n) is 2.49. The Morgan fingerprint density at radius 1 is 1.10 bits per heavy atom. The number of carbonyl (C=O) groups excluding carboxylic acids is 1. The highest BCUT2D eigenvalue weighted by molar-refractivity contribution is 5.87. The second kappa shape index (κ2) is 6.89. The van der Waals surface area contributed by atoms with Gasteiger partial charge in [0.2, 0.25) is 5.91 Å². The molecule has 3 nitrogen and oxygen atoms in total. The maximum atomic E-state index is 12.4. The molecule has 0 aliphatic heterocycles. The van der Waals surface area contributed by atoms with Crippen molar-refractivity contribution < 1.29 is 4.79 Å². The minimum atomic E-state index is -0.984.